The Bertz CT molecular complexity index is 416. The van der Waals surface area contributed by atoms with Gasteiger partial charge >= 0.3 is 0 Å². The Labute approximate surface area is 117 Å². The van der Waals surface area contributed by atoms with Gasteiger partial charge in [0.25, 0.3) is 0 Å². The second kappa shape index (κ2) is 6.78. The molecule has 0 aromatic heterocycles. The molecule has 0 aliphatic heterocycles. The Hall–Kier alpha value is -1.03. The largest absolute Gasteiger partial charge is 0.493 e. The molecule has 18 heavy (non-hydrogen) atoms. The molecule has 0 aliphatic carbocycles. The smallest absolute Gasteiger partial charge is 0.161 e. The molecule has 0 saturated carbocycles. The van der Waals surface area contributed by atoms with Gasteiger partial charge in [0.05, 0.1) is 18.0 Å². The number of hydrogen-bond donors (Lipinski definition) is 0. The Kier molecular flexibility index (Phi) is 5.66. The van der Waals surface area contributed by atoms with Crippen LogP contribution in [0.25, 0.3) is 0 Å². The van der Waals surface area contributed by atoms with Crippen molar-refractivity contribution in [3.8, 4) is 11.5 Å². The number of halogens is 1. The lowest BCUT2D eigenvalue weighted by Gasteiger charge is -2.15. The number of carbonyl (C=O) groups is 1. The SMILES string of the molecule is COc1cc(CC(Br)C(C)=O)ccc1OC(C)C. The average molecular weight is 315 g/mol. The predicted molar refractivity (Wildman–Crippen MR) is 75.9 cm³/mol. The van der Waals surface area contributed by atoms with Crippen molar-refractivity contribution in [2.24, 2.45) is 0 Å². The van der Waals surface area contributed by atoms with Gasteiger partial charge in [0.15, 0.2) is 11.5 Å². The molecule has 0 spiro atoms. The van der Waals surface area contributed by atoms with E-state index in [9.17, 15) is 4.79 Å². The van der Waals surface area contributed by atoms with E-state index in [1.54, 1.807) is 14.0 Å². The molecular formula is C14H19BrO3. The van der Waals surface area contributed by atoms with E-state index in [-0.39, 0.29) is 16.7 Å². The molecule has 0 aliphatic rings. The van der Waals surface area contributed by atoms with Gasteiger partial charge in [-0.3, -0.25) is 4.79 Å². The Morgan fingerprint density at radius 3 is 2.50 bits per heavy atom. The minimum absolute atomic E-state index is 0.103. The number of Topliss-reactive ketones (excluding diaryl/α,β-unsaturated/α-hetero) is 1. The van der Waals surface area contributed by atoms with Crippen LogP contribution in [-0.2, 0) is 11.2 Å². The quantitative estimate of drug-likeness (QED) is 0.755. The van der Waals surface area contributed by atoms with Gasteiger partial charge < -0.3 is 9.47 Å². The van der Waals surface area contributed by atoms with Crippen LogP contribution in [-0.4, -0.2) is 23.8 Å². The summed E-state index contributed by atoms with van der Waals surface area (Å²) in [6.45, 7) is 5.52. The fourth-order valence-electron chi connectivity index (χ4n) is 1.54. The number of rotatable bonds is 6. The molecule has 4 heteroatoms. The molecule has 1 unspecified atom stereocenters. The van der Waals surface area contributed by atoms with E-state index in [2.05, 4.69) is 15.9 Å². The molecular weight excluding hydrogens is 296 g/mol. The summed E-state index contributed by atoms with van der Waals surface area (Å²) < 4.78 is 10.9. The van der Waals surface area contributed by atoms with Crippen LogP contribution in [0.3, 0.4) is 0 Å². The summed E-state index contributed by atoms with van der Waals surface area (Å²) in [7, 11) is 1.61. The zero-order chi connectivity index (χ0) is 13.7. The van der Waals surface area contributed by atoms with Gasteiger partial charge in [-0.25, -0.2) is 0 Å². The van der Waals surface area contributed by atoms with E-state index in [0.717, 1.165) is 11.3 Å². The Morgan fingerprint density at radius 1 is 1.33 bits per heavy atom. The maximum absolute atomic E-state index is 11.2. The Morgan fingerprint density at radius 2 is 2.00 bits per heavy atom. The minimum atomic E-state index is -0.154. The summed E-state index contributed by atoms with van der Waals surface area (Å²) in [5, 5.41) is 0. The number of benzene rings is 1. The summed E-state index contributed by atoms with van der Waals surface area (Å²) in [6.07, 6.45) is 0.749. The zero-order valence-electron chi connectivity index (χ0n) is 11.2. The monoisotopic (exact) mass is 314 g/mol. The van der Waals surface area contributed by atoms with Crippen LogP contribution in [0.1, 0.15) is 26.3 Å². The van der Waals surface area contributed by atoms with Gasteiger partial charge in [0.1, 0.15) is 5.78 Å². The highest BCUT2D eigenvalue weighted by Crippen LogP contribution is 2.29. The van der Waals surface area contributed by atoms with Crippen LogP contribution < -0.4 is 9.47 Å². The first-order valence-electron chi connectivity index (χ1n) is 5.92. The summed E-state index contributed by atoms with van der Waals surface area (Å²) in [5.41, 5.74) is 1.04. The molecule has 100 valence electrons. The molecule has 0 fully saturated rings. The number of alkyl halides is 1. The minimum Gasteiger partial charge on any atom is -0.493 e. The van der Waals surface area contributed by atoms with Crippen molar-refractivity contribution in [1.82, 2.24) is 0 Å². The standard InChI is InChI=1S/C14H19BrO3/c1-9(2)18-13-6-5-11(8-14(13)17-4)7-12(15)10(3)16/h5-6,8-9,12H,7H2,1-4H3. The zero-order valence-corrected chi connectivity index (χ0v) is 12.8. The number of carbonyl (C=O) groups excluding carboxylic acids is 1. The van der Waals surface area contributed by atoms with Crippen LogP contribution in [0.4, 0.5) is 0 Å². The second-order valence-corrected chi connectivity index (χ2v) is 5.54. The lowest BCUT2D eigenvalue weighted by atomic mass is 10.1. The van der Waals surface area contributed by atoms with Crippen LogP contribution in [0.15, 0.2) is 18.2 Å². The van der Waals surface area contributed by atoms with Crippen LogP contribution >= 0.6 is 15.9 Å². The van der Waals surface area contributed by atoms with Crippen molar-refractivity contribution in [2.75, 3.05) is 7.11 Å². The fourth-order valence-corrected chi connectivity index (χ4v) is 1.91. The lowest BCUT2D eigenvalue weighted by Crippen LogP contribution is -2.13. The van der Waals surface area contributed by atoms with E-state index in [4.69, 9.17) is 9.47 Å². The van der Waals surface area contributed by atoms with Crippen molar-refractivity contribution in [2.45, 2.75) is 38.1 Å². The summed E-state index contributed by atoms with van der Waals surface area (Å²) in [5.74, 6) is 1.55. The van der Waals surface area contributed by atoms with Crippen molar-refractivity contribution in [3.05, 3.63) is 23.8 Å². The van der Waals surface area contributed by atoms with Crippen molar-refractivity contribution in [1.29, 1.82) is 0 Å². The third-order valence-electron chi connectivity index (χ3n) is 2.45. The highest BCUT2D eigenvalue weighted by molar-refractivity contribution is 9.10. The molecule has 0 saturated heterocycles. The molecule has 1 atom stereocenters. The fraction of sp³-hybridized carbons (Fsp3) is 0.500. The maximum Gasteiger partial charge on any atom is 0.161 e. The van der Waals surface area contributed by atoms with Gasteiger partial charge in [-0.15, -0.1) is 0 Å². The predicted octanol–water partition coefficient (Wildman–Crippen LogP) is 3.38. The van der Waals surface area contributed by atoms with Crippen LogP contribution in [0.5, 0.6) is 11.5 Å². The van der Waals surface area contributed by atoms with Crippen molar-refractivity contribution >= 4 is 21.7 Å². The van der Waals surface area contributed by atoms with Gasteiger partial charge in [-0.2, -0.15) is 0 Å². The number of methoxy groups -OCH3 is 1. The third-order valence-corrected chi connectivity index (χ3v) is 3.42. The highest BCUT2D eigenvalue weighted by Gasteiger charge is 2.13. The first-order valence-corrected chi connectivity index (χ1v) is 6.83. The molecule has 1 aromatic rings. The highest BCUT2D eigenvalue weighted by atomic mass is 79.9. The first-order chi connectivity index (χ1) is 8.43. The number of hydrogen-bond acceptors (Lipinski definition) is 3. The molecule has 1 rings (SSSR count). The summed E-state index contributed by atoms with van der Waals surface area (Å²) >= 11 is 3.36. The summed E-state index contributed by atoms with van der Waals surface area (Å²) in [6, 6.07) is 5.75. The van der Waals surface area contributed by atoms with Crippen LogP contribution in [0.2, 0.25) is 0 Å². The van der Waals surface area contributed by atoms with E-state index in [1.165, 1.54) is 0 Å². The maximum atomic E-state index is 11.2. The van der Waals surface area contributed by atoms with Crippen molar-refractivity contribution < 1.29 is 14.3 Å². The summed E-state index contributed by atoms with van der Waals surface area (Å²) in [4.78, 5) is 11.1. The van der Waals surface area contributed by atoms with Gasteiger partial charge in [-0.1, -0.05) is 22.0 Å². The number of ketones is 1. The van der Waals surface area contributed by atoms with Gasteiger partial charge in [-0.05, 0) is 44.9 Å². The van der Waals surface area contributed by atoms with Crippen molar-refractivity contribution in [3.63, 3.8) is 0 Å². The number of ether oxygens (including phenoxy) is 2. The van der Waals surface area contributed by atoms with E-state index >= 15 is 0 Å². The second-order valence-electron chi connectivity index (χ2n) is 4.43. The molecule has 0 N–H and O–H groups in total. The van der Waals surface area contributed by atoms with E-state index < -0.39 is 0 Å². The average Bonchev–Trinajstić information content (AvgIpc) is 2.30. The lowest BCUT2D eigenvalue weighted by molar-refractivity contribution is -0.116. The molecule has 0 bridgehead atoms. The topological polar surface area (TPSA) is 35.5 Å². The normalized spacial score (nSPS) is 12.3. The molecule has 1 aromatic carbocycles. The van der Waals surface area contributed by atoms with Crippen LogP contribution in [0, 0.1) is 0 Å². The van der Waals surface area contributed by atoms with Gasteiger partial charge in [0, 0.05) is 0 Å². The van der Waals surface area contributed by atoms with E-state index in [0.29, 0.717) is 12.2 Å². The third kappa shape index (κ3) is 4.33. The first kappa shape index (κ1) is 15.0. The Balaban J connectivity index is 2.87. The van der Waals surface area contributed by atoms with Gasteiger partial charge in [0.2, 0.25) is 0 Å². The molecule has 0 radical (unpaired) electrons. The molecule has 0 heterocycles. The molecule has 0 amide bonds. The van der Waals surface area contributed by atoms with E-state index in [1.807, 2.05) is 32.0 Å². The molecule has 3 nitrogen and oxygen atoms in total.